The summed E-state index contributed by atoms with van der Waals surface area (Å²) in [7, 11) is 1.41. The summed E-state index contributed by atoms with van der Waals surface area (Å²) in [4.78, 5) is 35.8. The maximum atomic E-state index is 12.9. The molecule has 34 heavy (non-hydrogen) atoms. The first-order valence-electron chi connectivity index (χ1n) is 9.97. The fraction of sp³-hybridized carbons (Fsp3) is 0.0400. The van der Waals surface area contributed by atoms with Gasteiger partial charge in [0.1, 0.15) is 5.82 Å². The predicted octanol–water partition coefficient (Wildman–Crippen LogP) is 3.54. The van der Waals surface area contributed by atoms with Crippen molar-refractivity contribution >= 4 is 35.8 Å². The lowest BCUT2D eigenvalue weighted by Crippen LogP contribution is -2.32. The molecule has 0 atom stereocenters. The van der Waals surface area contributed by atoms with Crippen molar-refractivity contribution < 1.29 is 28.2 Å². The third-order valence-corrected chi connectivity index (χ3v) is 4.30. The standard InChI is InChI=1S/C25H20FN3O5/c1-33-22-15-18(7-13-21(22)34-23(30)14-8-17-5-3-2-4-6-17)16-27-29-25(32)24(31)28-20-11-9-19(26)10-12-20/h2-16H,1H3,(H,28,31)(H,29,32). The van der Waals surface area contributed by atoms with Crippen molar-refractivity contribution in [1.82, 2.24) is 5.43 Å². The zero-order valence-electron chi connectivity index (χ0n) is 18.0. The molecule has 0 heterocycles. The SMILES string of the molecule is COc1cc(C=NNC(=O)C(=O)Nc2ccc(F)cc2)ccc1OC(=O)C=Cc1ccccc1. The normalized spacial score (nSPS) is 10.8. The maximum Gasteiger partial charge on any atom is 0.336 e. The van der Waals surface area contributed by atoms with E-state index in [1.807, 2.05) is 30.3 Å². The van der Waals surface area contributed by atoms with Crippen molar-refractivity contribution in [3.63, 3.8) is 0 Å². The molecule has 0 aliphatic carbocycles. The van der Waals surface area contributed by atoms with Crippen molar-refractivity contribution in [1.29, 1.82) is 0 Å². The van der Waals surface area contributed by atoms with Crippen LogP contribution >= 0.6 is 0 Å². The van der Waals surface area contributed by atoms with E-state index in [1.165, 1.54) is 43.7 Å². The van der Waals surface area contributed by atoms with Crippen molar-refractivity contribution in [2.45, 2.75) is 0 Å². The van der Waals surface area contributed by atoms with Crippen LogP contribution in [-0.2, 0) is 14.4 Å². The van der Waals surface area contributed by atoms with E-state index in [1.54, 1.807) is 12.1 Å². The Bertz CT molecular complexity index is 1230. The highest BCUT2D eigenvalue weighted by atomic mass is 19.1. The van der Waals surface area contributed by atoms with Crippen LogP contribution in [0.4, 0.5) is 10.1 Å². The number of hydrogen-bond donors (Lipinski definition) is 2. The number of halogens is 1. The average Bonchev–Trinajstić information content (AvgIpc) is 2.85. The van der Waals surface area contributed by atoms with E-state index in [2.05, 4.69) is 15.8 Å². The molecule has 3 aromatic carbocycles. The molecule has 3 aromatic rings. The highest BCUT2D eigenvalue weighted by Crippen LogP contribution is 2.27. The molecule has 0 radical (unpaired) electrons. The molecule has 0 saturated heterocycles. The van der Waals surface area contributed by atoms with Gasteiger partial charge in [0.2, 0.25) is 0 Å². The van der Waals surface area contributed by atoms with Gasteiger partial charge in [-0.2, -0.15) is 5.10 Å². The molecule has 0 spiro atoms. The number of benzene rings is 3. The number of methoxy groups -OCH3 is 1. The number of carbonyl (C=O) groups excluding carboxylic acids is 3. The number of hydrazone groups is 1. The number of amides is 2. The van der Waals surface area contributed by atoms with Gasteiger partial charge in [-0.05, 0) is 59.7 Å². The van der Waals surface area contributed by atoms with Crippen LogP contribution in [0.15, 0.2) is 84.0 Å². The third-order valence-electron chi connectivity index (χ3n) is 4.30. The molecular weight excluding hydrogens is 441 g/mol. The minimum absolute atomic E-state index is 0.199. The minimum Gasteiger partial charge on any atom is -0.493 e. The quantitative estimate of drug-likeness (QED) is 0.140. The lowest BCUT2D eigenvalue weighted by molar-refractivity contribution is -0.136. The van der Waals surface area contributed by atoms with E-state index >= 15 is 0 Å². The van der Waals surface area contributed by atoms with Crippen LogP contribution in [0.1, 0.15) is 11.1 Å². The Morgan fingerprint density at radius 1 is 0.882 bits per heavy atom. The second kappa shape index (κ2) is 11.7. The van der Waals surface area contributed by atoms with E-state index in [0.29, 0.717) is 5.56 Å². The summed E-state index contributed by atoms with van der Waals surface area (Å²) in [5.41, 5.74) is 3.71. The summed E-state index contributed by atoms with van der Waals surface area (Å²) in [5, 5.41) is 6.04. The number of hydrogen-bond acceptors (Lipinski definition) is 6. The predicted molar refractivity (Wildman–Crippen MR) is 125 cm³/mol. The van der Waals surface area contributed by atoms with Gasteiger partial charge in [-0.15, -0.1) is 0 Å². The van der Waals surface area contributed by atoms with Crippen LogP contribution in [-0.4, -0.2) is 31.1 Å². The summed E-state index contributed by atoms with van der Waals surface area (Å²) in [6.45, 7) is 0. The molecule has 9 heteroatoms. The fourth-order valence-electron chi connectivity index (χ4n) is 2.66. The van der Waals surface area contributed by atoms with Gasteiger partial charge < -0.3 is 14.8 Å². The molecular formula is C25H20FN3O5. The largest absolute Gasteiger partial charge is 0.493 e. The first-order valence-corrected chi connectivity index (χ1v) is 9.97. The topological polar surface area (TPSA) is 106 Å². The molecule has 172 valence electrons. The van der Waals surface area contributed by atoms with Gasteiger partial charge in [0.25, 0.3) is 0 Å². The van der Waals surface area contributed by atoms with Gasteiger partial charge in [0.05, 0.1) is 13.3 Å². The van der Waals surface area contributed by atoms with E-state index in [-0.39, 0.29) is 17.2 Å². The van der Waals surface area contributed by atoms with E-state index in [0.717, 1.165) is 17.7 Å². The number of carbonyl (C=O) groups is 3. The third kappa shape index (κ3) is 7.13. The van der Waals surface area contributed by atoms with Crippen LogP contribution in [0.25, 0.3) is 6.08 Å². The molecule has 0 saturated carbocycles. The number of rotatable bonds is 7. The second-order valence-electron chi connectivity index (χ2n) is 6.74. The summed E-state index contributed by atoms with van der Waals surface area (Å²) in [6.07, 6.45) is 4.22. The number of nitrogens with zero attached hydrogens (tertiary/aromatic N) is 1. The van der Waals surface area contributed by atoms with Gasteiger partial charge in [-0.3, -0.25) is 9.59 Å². The molecule has 0 aliphatic rings. The first kappa shape index (κ1) is 23.9. The second-order valence-corrected chi connectivity index (χ2v) is 6.74. The van der Waals surface area contributed by atoms with E-state index in [9.17, 15) is 18.8 Å². The lowest BCUT2D eigenvalue weighted by atomic mass is 10.2. The molecule has 0 bridgehead atoms. The van der Waals surface area contributed by atoms with Crippen LogP contribution in [0.5, 0.6) is 11.5 Å². The average molecular weight is 461 g/mol. The molecule has 0 unspecified atom stereocenters. The smallest absolute Gasteiger partial charge is 0.336 e. The first-order chi connectivity index (χ1) is 16.4. The Morgan fingerprint density at radius 3 is 2.32 bits per heavy atom. The van der Waals surface area contributed by atoms with E-state index in [4.69, 9.17) is 9.47 Å². The Labute approximate surface area is 194 Å². The van der Waals surface area contributed by atoms with Crippen molar-refractivity contribution in [2.75, 3.05) is 12.4 Å². The molecule has 0 fully saturated rings. The minimum atomic E-state index is -1.01. The Kier molecular flexibility index (Phi) is 8.23. The maximum absolute atomic E-state index is 12.9. The summed E-state index contributed by atoms with van der Waals surface area (Å²) in [5.74, 6) is -2.55. The lowest BCUT2D eigenvalue weighted by Gasteiger charge is -2.08. The summed E-state index contributed by atoms with van der Waals surface area (Å²) in [6, 6.07) is 18.9. The summed E-state index contributed by atoms with van der Waals surface area (Å²) < 4.78 is 23.5. The molecule has 0 aliphatic heterocycles. The Morgan fingerprint density at radius 2 is 1.62 bits per heavy atom. The highest BCUT2D eigenvalue weighted by molar-refractivity contribution is 6.39. The van der Waals surface area contributed by atoms with Crippen LogP contribution in [0.3, 0.4) is 0 Å². The van der Waals surface area contributed by atoms with E-state index < -0.39 is 23.6 Å². The van der Waals surface area contributed by atoms with Crippen LogP contribution < -0.4 is 20.2 Å². The number of anilines is 1. The zero-order valence-corrected chi connectivity index (χ0v) is 18.0. The molecule has 8 nitrogen and oxygen atoms in total. The van der Waals surface area contributed by atoms with Gasteiger partial charge in [-0.25, -0.2) is 14.6 Å². The van der Waals surface area contributed by atoms with Gasteiger partial charge >= 0.3 is 17.8 Å². The van der Waals surface area contributed by atoms with Crippen molar-refractivity contribution in [3.8, 4) is 11.5 Å². The van der Waals surface area contributed by atoms with Crippen molar-refractivity contribution in [2.24, 2.45) is 5.10 Å². The van der Waals surface area contributed by atoms with Crippen LogP contribution in [0.2, 0.25) is 0 Å². The summed E-state index contributed by atoms with van der Waals surface area (Å²) >= 11 is 0. The number of nitrogens with one attached hydrogen (secondary N) is 2. The van der Waals surface area contributed by atoms with Crippen molar-refractivity contribution in [3.05, 3.63) is 95.8 Å². The molecule has 3 rings (SSSR count). The van der Waals surface area contributed by atoms with Gasteiger partial charge in [-0.1, -0.05) is 30.3 Å². The Balaban J connectivity index is 1.56. The van der Waals surface area contributed by atoms with Gasteiger partial charge in [0, 0.05) is 11.8 Å². The molecule has 2 N–H and O–H groups in total. The van der Waals surface area contributed by atoms with Crippen LogP contribution in [0, 0.1) is 5.82 Å². The highest BCUT2D eigenvalue weighted by Gasteiger charge is 2.13. The number of esters is 1. The Hall–Kier alpha value is -4.79. The molecule has 2 amide bonds. The molecule has 0 aromatic heterocycles. The number of ether oxygens (including phenoxy) is 2. The fourth-order valence-corrected chi connectivity index (χ4v) is 2.66. The van der Waals surface area contributed by atoms with Gasteiger partial charge in [0.15, 0.2) is 11.5 Å². The zero-order chi connectivity index (χ0) is 24.3. The monoisotopic (exact) mass is 461 g/mol.